The fourth-order valence-corrected chi connectivity index (χ4v) is 1.75. The van der Waals surface area contributed by atoms with Crippen molar-refractivity contribution >= 4 is 5.69 Å². The van der Waals surface area contributed by atoms with E-state index in [2.05, 4.69) is 10.4 Å². The predicted octanol–water partition coefficient (Wildman–Crippen LogP) is 3.08. The third-order valence-corrected chi connectivity index (χ3v) is 2.71. The number of nitrogens with zero attached hydrogens (tertiary/aromatic N) is 2. The Morgan fingerprint density at radius 1 is 1.17 bits per heavy atom. The Hall–Kier alpha value is -2.49. The highest BCUT2D eigenvalue weighted by Gasteiger charge is 1.98. The monoisotopic (exact) mass is 239 g/mol. The molecule has 2 heterocycles. The van der Waals surface area contributed by atoms with Gasteiger partial charge in [-0.3, -0.25) is 0 Å². The third-order valence-electron chi connectivity index (χ3n) is 2.71. The van der Waals surface area contributed by atoms with E-state index >= 15 is 0 Å². The predicted molar refractivity (Wildman–Crippen MR) is 69.6 cm³/mol. The van der Waals surface area contributed by atoms with Crippen molar-refractivity contribution in [2.24, 2.45) is 0 Å². The molecular formula is C14H13N3O. The minimum atomic E-state index is 0.762. The maximum absolute atomic E-state index is 5.02. The van der Waals surface area contributed by atoms with Gasteiger partial charge >= 0.3 is 0 Å². The van der Waals surface area contributed by atoms with E-state index in [9.17, 15) is 0 Å². The molecule has 3 aromatic rings. The van der Waals surface area contributed by atoms with Crippen LogP contribution >= 0.6 is 0 Å². The molecule has 1 aromatic carbocycles. The van der Waals surface area contributed by atoms with Crippen LogP contribution in [0.15, 0.2) is 65.7 Å². The molecule has 3 rings (SSSR count). The Kier molecular flexibility index (Phi) is 2.84. The third kappa shape index (κ3) is 2.27. The molecule has 90 valence electrons. The van der Waals surface area contributed by atoms with Gasteiger partial charge in [-0.25, -0.2) is 4.68 Å². The van der Waals surface area contributed by atoms with Crippen LogP contribution in [-0.2, 0) is 6.54 Å². The van der Waals surface area contributed by atoms with Crippen LogP contribution in [0.4, 0.5) is 5.69 Å². The van der Waals surface area contributed by atoms with Gasteiger partial charge in [-0.2, -0.15) is 5.10 Å². The highest BCUT2D eigenvalue weighted by Crippen LogP contribution is 2.13. The summed E-state index contributed by atoms with van der Waals surface area (Å²) in [4.78, 5) is 0. The summed E-state index contributed by atoms with van der Waals surface area (Å²) in [5, 5.41) is 7.52. The Morgan fingerprint density at radius 3 is 2.72 bits per heavy atom. The van der Waals surface area contributed by atoms with Crippen LogP contribution in [0, 0.1) is 0 Å². The Balaban J connectivity index is 1.68. The number of rotatable bonds is 4. The van der Waals surface area contributed by atoms with Gasteiger partial charge in [-0.15, -0.1) is 0 Å². The summed E-state index contributed by atoms with van der Waals surface area (Å²) in [5.41, 5.74) is 3.26. The van der Waals surface area contributed by atoms with Crippen molar-refractivity contribution in [2.75, 3.05) is 5.32 Å². The highest BCUT2D eigenvalue weighted by atomic mass is 16.3. The Morgan fingerprint density at radius 2 is 2.06 bits per heavy atom. The maximum Gasteiger partial charge on any atom is 0.0952 e. The molecule has 0 radical (unpaired) electrons. The van der Waals surface area contributed by atoms with E-state index in [1.807, 2.05) is 47.3 Å². The molecule has 18 heavy (non-hydrogen) atoms. The number of benzene rings is 1. The lowest BCUT2D eigenvalue weighted by atomic mass is 10.2. The normalized spacial score (nSPS) is 10.4. The van der Waals surface area contributed by atoms with Crippen LogP contribution < -0.4 is 5.32 Å². The van der Waals surface area contributed by atoms with E-state index in [0.717, 1.165) is 23.5 Å². The van der Waals surface area contributed by atoms with Crippen LogP contribution in [0.2, 0.25) is 0 Å². The molecule has 0 amide bonds. The second-order valence-corrected chi connectivity index (χ2v) is 3.98. The van der Waals surface area contributed by atoms with Gasteiger partial charge in [-0.1, -0.05) is 0 Å². The lowest BCUT2D eigenvalue weighted by molar-refractivity contribution is 0.564. The van der Waals surface area contributed by atoms with Gasteiger partial charge in [0.2, 0.25) is 0 Å². The summed E-state index contributed by atoms with van der Waals surface area (Å²) in [6, 6.07) is 12.0. The SMILES string of the molecule is c1cnn(-c2ccc(NCc3ccoc3)cc2)c1. The van der Waals surface area contributed by atoms with Gasteiger partial charge < -0.3 is 9.73 Å². The number of aromatic nitrogens is 2. The van der Waals surface area contributed by atoms with Gasteiger partial charge in [0.15, 0.2) is 0 Å². The van der Waals surface area contributed by atoms with E-state index in [4.69, 9.17) is 4.42 Å². The summed E-state index contributed by atoms with van der Waals surface area (Å²) in [6.07, 6.45) is 7.11. The van der Waals surface area contributed by atoms with Crippen molar-refractivity contribution in [3.05, 3.63) is 66.9 Å². The maximum atomic E-state index is 5.02. The summed E-state index contributed by atoms with van der Waals surface area (Å²) in [6.45, 7) is 0.762. The van der Waals surface area contributed by atoms with Crippen LogP contribution in [-0.4, -0.2) is 9.78 Å². The average molecular weight is 239 g/mol. The zero-order chi connectivity index (χ0) is 12.2. The molecule has 0 atom stereocenters. The first-order chi connectivity index (χ1) is 8.92. The van der Waals surface area contributed by atoms with Crippen molar-refractivity contribution in [1.82, 2.24) is 9.78 Å². The van der Waals surface area contributed by atoms with E-state index in [1.54, 1.807) is 18.7 Å². The largest absolute Gasteiger partial charge is 0.472 e. The van der Waals surface area contributed by atoms with Gasteiger partial charge in [0.05, 0.1) is 18.2 Å². The summed E-state index contributed by atoms with van der Waals surface area (Å²) >= 11 is 0. The quantitative estimate of drug-likeness (QED) is 0.760. The van der Waals surface area contributed by atoms with E-state index in [1.165, 1.54) is 0 Å². The first-order valence-electron chi connectivity index (χ1n) is 5.77. The average Bonchev–Trinajstić information content (AvgIpc) is 3.10. The number of furan rings is 1. The fourth-order valence-electron chi connectivity index (χ4n) is 1.75. The smallest absolute Gasteiger partial charge is 0.0952 e. The van der Waals surface area contributed by atoms with Crippen molar-refractivity contribution in [2.45, 2.75) is 6.54 Å². The molecule has 0 aliphatic rings. The van der Waals surface area contributed by atoms with Crippen LogP contribution in [0.3, 0.4) is 0 Å². The van der Waals surface area contributed by atoms with Gasteiger partial charge in [-0.05, 0) is 36.4 Å². The topological polar surface area (TPSA) is 43.0 Å². The van der Waals surface area contributed by atoms with Crippen molar-refractivity contribution in [3.8, 4) is 5.69 Å². The minimum absolute atomic E-state index is 0.762. The molecule has 0 bridgehead atoms. The minimum Gasteiger partial charge on any atom is -0.472 e. The Labute approximate surface area is 105 Å². The van der Waals surface area contributed by atoms with Crippen molar-refractivity contribution in [1.29, 1.82) is 0 Å². The van der Waals surface area contributed by atoms with Crippen molar-refractivity contribution in [3.63, 3.8) is 0 Å². The fraction of sp³-hybridized carbons (Fsp3) is 0.0714. The summed E-state index contributed by atoms with van der Waals surface area (Å²) < 4.78 is 6.85. The highest BCUT2D eigenvalue weighted by molar-refractivity contribution is 5.48. The lowest BCUT2D eigenvalue weighted by Crippen LogP contribution is -1.99. The van der Waals surface area contributed by atoms with Crippen LogP contribution in [0.25, 0.3) is 5.69 Å². The van der Waals surface area contributed by atoms with E-state index in [0.29, 0.717) is 0 Å². The van der Waals surface area contributed by atoms with Gasteiger partial charge in [0.1, 0.15) is 0 Å². The summed E-state index contributed by atoms with van der Waals surface area (Å²) in [7, 11) is 0. The molecule has 0 fully saturated rings. The number of nitrogens with one attached hydrogen (secondary N) is 1. The van der Waals surface area contributed by atoms with E-state index < -0.39 is 0 Å². The number of hydrogen-bond donors (Lipinski definition) is 1. The van der Waals surface area contributed by atoms with E-state index in [-0.39, 0.29) is 0 Å². The second kappa shape index (κ2) is 4.79. The van der Waals surface area contributed by atoms with Crippen LogP contribution in [0.1, 0.15) is 5.56 Å². The van der Waals surface area contributed by atoms with Gasteiger partial charge in [0, 0.05) is 30.2 Å². The molecule has 1 N–H and O–H groups in total. The zero-order valence-electron chi connectivity index (χ0n) is 9.78. The molecule has 0 aliphatic heterocycles. The molecule has 0 saturated heterocycles. The van der Waals surface area contributed by atoms with Crippen molar-refractivity contribution < 1.29 is 4.42 Å². The van der Waals surface area contributed by atoms with Gasteiger partial charge in [0.25, 0.3) is 0 Å². The summed E-state index contributed by atoms with van der Waals surface area (Å²) in [5.74, 6) is 0. The zero-order valence-corrected chi connectivity index (χ0v) is 9.78. The molecule has 0 spiro atoms. The molecule has 4 heteroatoms. The molecule has 0 saturated carbocycles. The molecular weight excluding hydrogens is 226 g/mol. The molecule has 0 unspecified atom stereocenters. The number of hydrogen-bond acceptors (Lipinski definition) is 3. The molecule has 2 aromatic heterocycles. The van der Waals surface area contributed by atoms with Crippen LogP contribution in [0.5, 0.6) is 0 Å². The molecule has 4 nitrogen and oxygen atoms in total. The second-order valence-electron chi connectivity index (χ2n) is 3.98. The lowest BCUT2D eigenvalue weighted by Gasteiger charge is -2.06. The standard InChI is InChI=1S/C14H13N3O/c1-7-16-17(8-1)14-4-2-13(3-5-14)15-10-12-6-9-18-11-12/h1-9,11,15H,10H2. The molecule has 0 aliphatic carbocycles. The number of anilines is 1. The first-order valence-corrected chi connectivity index (χ1v) is 5.77. The first kappa shape index (κ1) is 10.7. The Bertz CT molecular complexity index is 583.